The first-order valence-electron chi connectivity index (χ1n) is 4.04. The fourth-order valence-corrected chi connectivity index (χ4v) is 1.28. The van der Waals surface area contributed by atoms with Crippen LogP contribution in [0.5, 0.6) is 0 Å². The van der Waals surface area contributed by atoms with E-state index in [1.807, 2.05) is 30.5 Å². The van der Waals surface area contributed by atoms with Crippen LogP contribution < -0.4 is 11.5 Å². The van der Waals surface area contributed by atoms with E-state index < -0.39 is 5.09 Å². The largest absolute Gasteiger partial charge is 0.472 e. The van der Waals surface area contributed by atoms with Crippen molar-refractivity contribution < 1.29 is 15.5 Å². The highest BCUT2D eigenvalue weighted by Gasteiger charge is 1.92. The Labute approximate surface area is 96.3 Å². The number of nitrogens with two attached hydrogens (primary N) is 2. The molecule has 1 aromatic carbocycles. The molecular weight excluding hydrogens is 232 g/mol. The first kappa shape index (κ1) is 14.0. The van der Waals surface area contributed by atoms with Crippen molar-refractivity contribution in [1.82, 2.24) is 0 Å². The second-order valence-corrected chi connectivity index (χ2v) is 3.37. The maximum atomic E-state index is 8.47. The summed E-state index contributed by atoms with van der Waals surface area (Å²) in [6.45, 7) is 0. The maximum absolute atomic E-state index is 8.47. The van der Waals surface area contributed by atoms with Crippen LogP contribution in [0.25, 0.3) is 0 Å². The molecule has 0 spiro atoms. The number of nitrogens with zero attached hydrogens (tertiary/aromatic N) is 2. The molecule has 88 valence electrons. The van der Waals surface area contributed by atoms with Crippen LogP contribution in [0, 0.1) is 4.91 Å². The SMILES string of the molecule is CSc1cccc(N=C(N)N)c1.O=[N+](O)O. The van der Waals surface area contributed by atoms with Crippen molar-refractivity contribution in [3.05, 3.63) is 29.2 Å². The molecule has 1 aromatic rings. The molecule has 8 heteroatoms. The van der Waals surface area contributed by atoms with Crippen LogP contribution in [0.2, 0.25) is 0 Å². The summed E-state index contributed by atoms with van der Waals surface area (Å²) in [7, 11) is 0. The van der Waals surface area contributed by atoms with Gasteiger partial charge in [-0.05, 0) is 24.5 Å². The third-order valence-electron chi connectivity index (χ3n) is 1.31. The number of rotatable bonds is 2. The number of hydrogen-bond donors (Lipinski definition) is 4. The molecular formula is C8H13N4O3S+. The van der Waals surface area contributed by atoms with Gasteiger partial charge in [0.2, 0.25) is 0 Å². The molecule has 0 atom stereocenters. The second-order valence-electron chi connectivity index (χ2n) is 2.49. The predicted octanol–water partition coefficient (Wildman–Crippen LogP) is 0.857. The highest BCUT2D eigenvalue weighted by atomic mass is 32.2. The average Bonchev–Trinajstić information content (AvgIpc) is 2.16. The Morgan fingerprint density at radius 2 is 2.00 bits per heavy atom. The minimum atomic E-state index is -1.25. The topological polar surface area (TPSA) is 125 Å². The number of aliphatic imine (C=N–C) groups is 1. The molecule has 1 rings (SSSR count). The summed E-state index contributed by atoms with van der Waals surface area (Å²) in [5.74, 6) is 0.0910. The van der Waals surface area contributed by atoms with E-state index in [1.165, 1.54) is 0 Å². The minimum absolute atomic E-state index is 0.0910. The summed E-state index contributed by atoms with van der Waals surface area (Å²) in [5.41, 5.74) is 11.3. The molecule has 6 N–H and O–H groups in total. The summed E-state index contributed by atoms with van der Waals surface area (Å²) in [5, 5.41) is 12.5. The summed E-state index contributed by atoms with van der Waals surface area (Å²) >= 11 is 1.66. The highest BCUT2D eigenvalue weighted by Crippen LogP contribution is 2.20. The van der Waals surface area contributed by atoms with Gasteiger partial charge in [0.15, 0.2) is 5.96 Å². The van der Waals surface area contributed by atoms with Crippen LogP contribution in [-0.4, -0.2) is 27.7 Å². The Bertz CT molecular complexity index is 375. The molecule has 7 nitrogen and oxygen atoms in total. The average molecular weight is 245 g/mol. The van der Waals surface area contributed by atoms with E-state index in [0.717, 1.165) is 10.6 Å². The van der Waals surface area contributed by atoms with Gasteiger partial charge in [0, 0.05) is 4.90 Å². The third kappa shape index (κ3) is 7.44. The highest BCUT2D eigenvalue weighted by molar-refractivity contribution is 7.98. The van der Waals surface area contributed by atoms with Crippen LogP contribution in [0.15, 0.2) is 34.2 Å². The fraction of sp³-hybridized carbons (Fsp3) is 0.125. The summed E-state index contributed by atoms with van der Waals surface area (Å²) in [4.78, 5) is 13.5. The lowest BCUT2D eigenvalue weighted by Crippen LogP contribution is -2.21. The van der Waals surface area contributed by atoms with E-state index in [1.54, 1.807) is 11.8 Å². The van der Waals surface area contributed by atoms with Gasteiger partial charge in [-0.3, -0.25) is 0 Å². The van der Waals surface area contributed by atoms with Crippen molar-refractivity contribution in [3.63, 3.8) is 0 Å². The number of thioether (sulfide) groups is 1. The molecule has 0 aliphatic carbocycles. The summed E-state index contributed by atoms with van der Waals surface area (Å²) in [6.07, 6.45) is 2.01. The van der Waals surface area contributed by atoms with Gasteiger partial charge < -0.3 is 11.5 Å². The molecule has 0 radical (unpaired) electrons. The summed E-state index contributed by atoms with van der Waals surface area (Å²) in [6, 6.07) is 7.73. The molecule has 16 heavy (non-hydrogen) atoms. The van der Waals surface area contributed by atoms with Crippen molar-refractivity contribution in [3.8, 4) is 0 Å². The molecule has 0 heterocycles. The third-order valence-corrected chi connectivity index (χ3v) is 2.04. The van der Waals surface area contributed by atoms with Gasteiger partial charge in [-0.1, -0.05) is 6.07 Å². The molecule has 0 saturated heterocycles. The fourth-order valence-electron chi connectivity index (χ4n) is 0.829. The van der Waals surface area contributed by atoms with Gasteiger partial charge in [-0.25, -0.2) is 15.4 Å². The smallest absolute Gasteiger partial charge is 0.370 e. The quantitative estimate of drug-likeness (QED) is 0.265. The number of guanidine groups is 1. The lowest BCUT2D eigenvalue weighted by atomic mass is 10.3. The Morgan fingerprint density at radius 3 is 2.44 bits per heavy atom. The van der Waals surface area contributed by atoms with Crippen molar-refractivity contribution in [2.75, 3.05) is 6.26 Å². The first-order valence-corrected chi connectivity index (χ1v) is 5.27. The van der Waals surface area contributed by atoms with Gasteiger partial charge in [-0.15, -0.1) is 11.8 Å². The van der Waals surface area contributed by atoms with E-state index in [4.69, 9.17) is 26.8 Å². The van der Waals surface area contributed by atoms with Gasteiger partial charge in [0.1, 0.15) is 4.91 Å². The van der Waals surface area contributed by atoms with Gasteiger partial charge >= 0.3 is 5.09 Å². The van der Waals surface area contributed by atoms with Gasteiger partial charge in [-0.2, -0.15) is 0 Å². The minimum Gasteiger partial charge on any atom is -0.370 e. The van der Waals surface area contributed by atoms with Crippen molar-refractivity contribution >= 4 is 23.4 Å². The van der Waals surface area contributed by atoms with Crippen molar-refractivity contribution in [1.29, 1.82) is 0 Å². The maximum Gasteiger partial charge on any atom is 0.472 e. The zero-order valence-corrected chi connectivity index (χ0v) is 9.39. The molecule has 0 aliphatic heterocycles. The molecule has 0 bridgehead atoms. The van der Waals surface area contributed by atoms with E-state index in [2.05, 4.69) is 4.99 Å². The first-order chi connectivity index (χ1) is 7.45. The lowest BCUT2D eigenvalue weighted by Gasteiger charge is -1.97. The zero-order chi connectivity index (χ0) is 12.6. The Hall–Kier alpha value is -1.96. The molecule has 0 amide bonds. The monoisotopic (exact) mass is 245 g/mol. The van der Waals surface area contributed by atoms with Gasteiger partial charge in [0.25, 0.3) is 0 Å². The van der Waals surface area contributed by atoms with Crippen molar-refractivity contribution in [2.45, 2.75) is 4.90 Å². The predicted molar refractivity (Wildman–Crippen MR) is 60.9 cm³/mol. The standard InChI is InChI=1S/C8H11N3S.H2NO3/c1-12-7-4-2-3-6(5-7)11-8(9)10;2-1(3)4/h2-5H,1H3,(H4,9,10,11);(H2,2,3,4)/q;+1. The second kappa shape index (κ2) is 7.35. The van der Waals surface area contributed by atoms with E-state index in [0.29, 0.717) is 0 Å². The summed E-state index contributed by atoms with van der Waals surface area (Å²) < 4.78 is 0. The van der Waals surface area contributed by atoms with Crippen LogP contribution in [0.3, 0.4) is 0 Å². The van der Waals surface area contributed by atoms with E-state index >= 15 is 0 Å². The normalized spacial score (nSPS) is 8.56. The lowest BCUT2D eigenvalue weighted by molar-refractivity contribution is -0.969. The Balaban J connectivity index is 0.000000487. The van der Waals surface area contributed by atoms with Crippen molar-refractivity contribution in [2.24, 2.45) is 16.5 Å². The number of benzene rings is 1. The molecule has 0 aromatic heterocycles. The Morgan fingerprint density at radius 1 is 1.44 bits per heavy atom. The number of hydrogen-bond acceptors (Lipinski definition) is 3. The van der Waals surface area contributed by atoms with Crippen LogP contribution in [0.1, 0.15) is 0 Å². The van der Waals surface area contributed by atoms with Crippen LogP contribution in [0.4, 0.5) is 5.69 Å². The van der Waals surface area contributed by atoms with E-state index in [9.17, 15) is 0 Å². The zero-order valence-electron chi connectivity index (χ0n) is 8.57. The van der Waals surface area contributed by atoms with Crippen LogP contribution >= 0.6 is 11.8 Å². The molecule has 0 unspecified atom stereocenters. The Kier molecular flexibility index (Phi) is 6.45. The van der Waals surface area contributed by atoms with E-state index in [-0.39, 0.29) is 5.96 Å². The van der Waals surface area contributed by atoms with Crippen LogP contribution in [-0.2, 0) is 0 Å². The molecule has 0 aliphatic rings. The molecule has 0 saturated carbocycles. The van der Waals surface area contributed by atoms with Gasteiger partial charge in [0.05, 0.1) is 5.69 Å². The molecule has 0 fully saturated rings.